The van der Waals surface area contributed by atoms with Crippen molar-refractivity contribution < 1.29 is 19.1 Å². The number of benzene rings is 1. The van der Waals surface area contributed by atoms with Crippen molar-refractivity contribution in [1.82, 2.24) is 10.6 Å². The zero-order valence-corrected chi connectivity index (χ0v) is 19.9. The molecule has 0 aromatic heterocycles. The van der Waals surface area contributed by atoms with E-state index in [1.165, 1.54) is 0 Å². The van der Waals surface area contributed by atoms with Gasteiger partial charge in [-0.25, -0.2) is 0 Å². The summed E-state index contributed by atoms with van der Waals surface area (Å²) >= 11 is 0. The van der Waals surface area contributed by atoms with E-state index < -0.39 is 6.04 Å². The van der Waals surface area contributed by atoms with Gasteiger partial charge in [-0.2, -0.15) is 0 Å². The third-order valence-electron chi connectivity index (χ3n) is 7.64. The smallest absolute Gasteiger partial charge is 0.251 e. The van der Waals surface area contributed by atoms with Crippen LogP contribution in [0.3, 0.4) is 0 Å². The number of carbonyl (C=O) groups is 3. The van der Waals surface area contributed by atoms with Crippen molar-refractivity contribution in [2.75, 3.05) is 25.0 Å². The lowest BCUT2D eigenvalue weighted by molar-refractivity contribution is -0.124. The molecule has 3 N–H and O–H groups in total. The summed E-state index contributed by atoms with van der Waals surface area (Å²) < 4.78 is 5.54. The topological polar surface area (TPSA) is 96.5 Å². The molecule has 0 spiro atoms. The first-order chi connectivity index (χ1) is 15.9. The van der Waals surface area contributed by atoms with Gasteiger partial charge in [-0.3, -0.25) is 14.4 Å². The van der Waals surface area contributed by atoms with E-state index in [-0.39, 0.29) is 48.2 Å². The molecule has 3 aliphatic rings. The maximum Gasteiger partial charge on any atom is 0.251 e. The van der Waals surface area contributed by atoms with Crippen molar-refractivity contribution in [3.8, 4) is 0 Å². The summed E-state index contributed by atoms with van der Waals surface area (Å²) in [5, 5.41) is 9.33. The van der Waals surface area contributed by atoms with Gasteiger partial charge in [0.1, 0.15) is 12.6 Å². The highest BCUT2D eigenvalue weighted by atomic mass is 16.5. The molecule has 4 rings (SSSR count). The van der Waals surface area contributed by atoms with E-state index in [1.807, 2.05) is 25.1 Å². The molecule has 1 aliphatic carbocycles. The number of ketones is 1. The van der Waals surface area contributed by atoms with E-state index in [0.29, 0.717) is 12.0 Å². The number of hydrogen-bond acceptors (Lipinski definition) is 5. The normalized spacial score (nSPS) is 24.6. The number of Topliss-reactive ketones (excluding diaryl/α,β-unsaturated/α-hetero) is 1. The Labute approximate surface area is 196 Å². The van der Waals surface area contributed by atoms with Crippen LogP contribution in [-0.2, 0) is 20.7 Å². The number of ether oxygens (including phenoxy) is 1. The lowest BCUT2D eigenvalue weighted by atomic mass is 9.81. The molecule has 0 radical (unpaired) electrons. The fraction of sp³-hybridized carbons (Fsp3) is 0.654. The zero-order valence-electron chi connectivity index (χ0n) is 19.9. The molecular formula is C26H37N3O4. The highest BCUT2D eigenvalue weighted by molar-refractivity contribution is 5.98. The molecule has 1 aromatic rings. The molecule has 1 aromatic carbocycles. The number of carbonyl (C=O) groups excluding carboxylic acids is 3. The van der Waals surface area contributed by atoms with Gasteiger partial charge in [0, 0.05) is 24.3 Å². The van der Waals surface area contributed by atoms with Crippen LogP contribution in [0.25, 0.3) is 0 Å². The largest absolute Gasteiger partial charge is 0.385 e. The second-order valence-corrected chi connectivity index (χ2v) is 10.2. The lowest BCUT2D eigenvalue weighted by Gasteiger charge is -2.30. The van der Waals surface area contributed by atoms with Crippen LogP contribution in [0.5, 0.6) is 0 Å². The van der Waals surface area contributed by atoms with Crippen molar-refractivity contribution >= 4 is 23.3 Å². The molecule has 33 heavy (non-hydrogen) atoms. The van der Waals surface area contributed by atoms with Crippen molar-refractivity contribution in [2.45, 2.75) is 77.4 Å². The van der Waals surface area contributed by atoms with Gasteiger partial charge in [-0.15, -0.1) is 0 Å². The number of rotatable bonds is 8. The molecule has 2 amide bonds. The van der Waals surface area contributed by atoms with E-state index in [9.17, 15) is 14.4 Å². The lowest BCUT2D eigenvalue weighted by Crippen LogP contribution is -2.50. The van der Waals surface area contributed by atoms with Crippen LogP contribution in [0.1, 0.15) is 74.7 Å². The molecule has 1 unspecified atom stereocenters. The molecule has 180 valence electrons. The second-order valence-electron chi connectivity index (χ2n) is 10.2. The average Bonchev–Trinajstić information content (AvgIpc) is 3.41. The van der Waals surface area contributed by atoms with E-state index in [1.54, 1.807) is 0 Å². The minimum Gasteiger partial charge on any atom is -0.385 e. The minimum absolute atomic E-state index is 0.0350. The quantitative estimate of drug-likeness (QED) is 0.559. The predicted molar refractivity (Wildman–Crippen MR) is 127 cm³/mol. The monoisotopic (exact) mass is 455 g/mol. The minimum atomic E-state index is -0.632. The van der Waals surface area contributed by atoms with Crippen LogP contribution in [-0.4, -0.2) is 49.4 Å². The zero-order chi connectivity index (χ0) is 23.4. The Kier molecular flexibility index (Phi) is 7.37. The molecule has 2 fully saturated rings. The second kappa shape index (κ2) is 10.2. The number of amides is 2. The van der Waals surface area contributed by atoms with Gasteiger partial charge >= 0.3 is 0 Å². The van der Waals surface area contributed by atoms with Gasteiger partial charge in [-0.05, 0) is 67.7 Å². The third-order valence-corrected chi connectivity index (χ3v) is 7.64. The van der Waals surface area contributed by atoms with Crippen LogP contribution < -0.4 is 16.0 Å². The van der Waals surface area contributed by atoms with Gasteiger partial charge in [0.15, 0.2) is 5.78 Å². The molecule has 1 saturated carbocycles. The average molecular weight is 456 g/mol. The predicted octanol–water partition coefficient (Wildman–Crippen LogP) is 3.22. The number of hydrogen-bond donors (Lipinski definition) is 3. The van der Waals surface area contributed by atoms with E-state index in [0.717, 1.165) is 62.7 Å². The van der Waals surface area contributed by atoms with Crippen LogP contribution in [0.2, 0.25) is 0 Å². The van der Waals surface area contributed by atoms with Gasteiger partial charge in [0.05, 0.1) is 12.0 Å². The van der Waals surface area contributed by atoms with Crippen LogP contribution in [0.4, 0.5) is 5.69 Å². The summed E-state index contributed by atoms with van der Waals surface area (Å²) in [7, 11) is 0. The number of fused-ring (bicyclic) bond motifs is 1. The summed E-state index contributed by atoms with van der Waals surface area (Å²) in [6.07, 6.45) is 7.61. The van der Waals surface area contributed by atoms with Gasteiger partial charge in [0.25, 0.3) is 5.91 Å². The molecule has 7 nitrogen and oxygen atoms in total. The Bertz CT molecular complexity index is 894. The Hall–Kier alpha value is -2.41. The van der Waals surface area contributed by atoms with Crippen molar-refractivity contribution in [1.29, 1.82) is 0 Å². The first-order valence-electron chi connectivity index (χ1n) is 12.5. The highest BCUT2D eigenvalue weighted by Gasteiger charge is 2.37. The Morgan fingerprint density at radius 3 is 2.79 bits per heavy atom. The van der Waals surface area contributed by atoms with Gasteiger partial charge in [-0.1, -0.05) is 26.7 Å². The standard InChI is InChI=1S/C26H37N3O4/c1-3-23-19(22(30)16-33-23)15-28-25(32)21(14-26(2)10-4-5-11-26)29-24(31)18-8-9-20-17(13-18)7-6-12-27-20/h8-9,13,19,21,23,27H,3-7,10-12,14-16H2,1-2H3,(H,28,32)(H,29,31)/t19?,21-,23-/m0/s1. The summed E-state index contributed by atoms with van der Waals surface area (Å²) in [6, 6.07) is 5.07. The SMILES string of the molecule is CC[C@@H]1OCC(=O)C1CNC(=O)[C@H](CC1(C)CCCC1)NC(=O)c1ccc2c(c1)CCCN2. The van der Waals surface area contributed by atoms with Gasteiger partial charge in [0.2, 0.25) is 5.91 Å². The van der Waals surface area contributed by atoms with E-state index in [4.69, 9.17) is 4.74 Å². The van der Waals surface area contributed by atoms with Crippen LogP contribution in [0, 0.1) is 11.3 Å². The summed E-state index contributed by atoms with van der Waals surface area (Å²) in [4.78, 5) is 38.6. The molecular weight excluding hydrogens is 418 g/mol. The van der Waals surface area contributed by atoms with Crippen molar-refractivity contribution in [3.63, 3.8) is 0 Å². The van der Waals surface area contributed by atoms with Crippen LogP contribution >= 0.6 is 0 Å². The molecule has 2 aliphatic heterocycles. The van der Waals surface area contributed by atoms with Crippen molar-refractivity contribution in [2.24, 2.45) is 11.3 Å². The van der Waals surface area contributed by atoms with Crippen LogP contribution in [0.15, 0.2) is 18.2 Å². The Balaban J connectivity index is 1.45. The Morgan fingerprint density at radius 1 is 1.24 bits per heavy atom. The Morgan fingerprint density at radius 2 is 2.03 bits per heavy atom. The molecule has 1 saturated heterocycles. The number of nitrogens with one attached hydrogen (secondary N) is 3. The van der Waals surface area contributed by atoms with E-state index >= 15 is 0 Å². The fourth-order valence-electron chi connectivity index (χ4n) is 5.59. The molecule has 0 bridgehead atoms. The molecule has 3 atom stereocenters. The first kappa shape index (κ1) is 23.7. The number of anilines is 1. The van der Waals surface area contributed by atoms with E-state index in [2.05, 4.69) is 22.9 Å². The first-order valence-corrected chi connectivity index (χ1v) is 12.5. The third kappa shape index (κ3) is 5.57. The fourth-order valence-corrected chi connectivity index (χ4v) is 5.59. The number of aryl methyl sites for hydroxylation is 1. The molecule has 2 heterocycles. The molecule has 7 heteroatoms. The van der Waals surface area contributed by atoms with Crippen molar-refractivity contribution in [3.05, 3.63) is 29.3 Å². The summed E-state index contributed by atoms with van der Waals surface area (Å²) in [5.41, 5.74) is 2.84. The van der Waals surface area contributed by atoms with Gasteiger partial charge < -0.3 is 20.7 Å². The maximum atomic E-state index is 13.2. The summed E-state index contributed by atoms with van der Waals surface area (Å²) in [6.45, 7) is 5.51. The maximum absolute atomic E-state index is 13.2. The summed E-state index contributed by atoms with van der Waals surface area (Å²) in [5.74, 6) is -0.721. The highest BCUT2D eigenvalue weighted by Crippen LogP contribution is 2.41.